The van der Waals surface area contributed by atoms with Gasteiger partial charge in [-0.2, -0.15) is 13.2 Å². The zero-order chi connectivity index (χ0) is 29.5. The molecule has 0 aliphatic heterocycles. The average molecular weight is 599 g/mol. The Morgan fingerprint density at radius 3 is 2.41 bits per heavy atom. The summed E-state index contributed by atoms with van der Waals surface area (Å²) in [4.78, 5) is 25.8. The van der Waals surface area contributed by atoms with Gasteiger partial charge in [0.05, 0.1) is 30.1 Å². The lowest BCUT2D eigenvalue weighted by Gasteiger charge is -2.31. The van der Waals surface area contributed by atoms with E-state index in [9.17, 15) is 35.6 Å². The number of methoxy groups -OCH3 is 1. The van der Waals surface area contributed by atoms with Gasteiger partial charge in [0, 0.05) is 17.8 Å². The van der Waals surface area contributed by atoms with Gasteiger partial charge in [0.25, 0.3) is 15.7 Å². The molecule has 4 atom stereocenters. The van der Waals surface area contributed by atoms with Gasteiger partial charge in [-0.3, -0.25) is 9.59 Å². The first-order chi connectivity index (χ1) is 19.4. The third-order valence-corrected chi connectivity index (χ3v) is 9.92. The predicted molar refractivity (Wildman–Crippen MR) is 140 cm³/mol. The van der Waals surface area contributed by atoms with E-state index in [2.05, 4.69) is 10.6 Å². The van der Waals surface area contributed by atoms with E-state index in [1.54, 1.807) is 0 Å². The molecule has 0 aromatic heterocycles. The van der Waals surface area contributed by atoms with Crippen molar-refractivity contribution in [2.24, 2.45) is 23.7 Å². The highest BCUT2D eigenvalue weighted by atomic mass is 32.2. The molecule has 5 rings (SSSR count). The van der Waals surface area contributed by atoms with Crippen LogP contribution in [0.25, 0.3) is 0 Å². The molecule has 8 nitrogen and oxygen atoms in total. The van der Waals surface area contributed by atoms with E-state index < -0.39 is 49.8 Å². The molecule has 222 valence electrons. The largest absolute Gasteiger partial charge is 0.501 e. The molecule has 3 aliphatic rings. The Labute approximate surface area is 234 Å². The third-order valence-electron chi connectivity index (χ3n) is 8.43. The Hall–Kier alpha value is -3.35. The minimum Gasteiger partial charge on any atom is -0.496 e. The first-order valence-corrected chi connectivity index (χ1v) is 14.9. The van der Waals surface area contributed by atoms with Crippen molar-refractivity contribution in [2.75, 3.05) is 19.0 Å². The van der Waals surface area contributed by atoms with Crippen molar-refractivity contribution in [2.45, 2.75) is 55.0 Å². The average Bonchev–Trinajstić information content (AvgIpc) is 3.50. The summed E-state index contributed by atoms with van der Waals surface area (Å²) in [6, 6.07) is 5.74. The Morgan fingerprint density at radius 2 is 1.76 bits per heavy atom. The number of sulfone groups is 1. The maximum absolute atomic E-state index is 14.6. The molecule has 0 saturated heterocycles. The van der Waals surface area contributed by atoms with Crippen molar-refractivity contribution in [3.8, 4) is 11.5 Å². The van der Waals surface area contributed by atoms with E-state index in [0.717, 1.165) is 56.4 Å². The van der Waals surface area contributed by atoms with Crippen molar-refractivity contribution in [1.82, 2.24) is 5.32 Å². The van der Waals surface area contributed by atoms with E-state index in [4.69, 9.17) is 9.47 Å². The monoisotopic (exact) mass is 598 g/mol. The van der Waals surface area contributed by atoms with Crippen molar-refractivity contribution in [3.05, 3.63) is 47.8 Å². The van der Waals surface area contributed by atoms with E-state index in [-0.39, 0.29) is 34.6 Å². The lowest BCUT2D eigenvalue weighted by Crippen LogP contribution is -2.48. The standard InChI is InChI=1S/C28H30F4N2O6S/c1-39-22-13-21(29)23(40-14-15-4-2-5-15)12-20(22)26(35)34-25-17-9-8-16(10-17)24(25)27(36)33-18-6-3-7-19(11-18)41(37,38)28(30,31)32/h3,6-7,11-13,15-17,24-25H,2,4-5,8-10,14H2,1H3,(H,33,36)(H,34,35)/t16-,17+,24-,25+/m0/s1. The molecule has 3 fully saturated rings. The Balaban J connectivity index is 1.33. The number of anilines is 1. The second kappa shape index (κ2) is 11.1. The molecular weight excluding hydrogens is 568 g/mol. The van der Waals surface area contributed by atoms with Crippen LogP contribution in [0.15, 0.2) is 41.3 Å². The maximum Gasteiger partial charge on any atom is 0.501 e. The van der Waals surface area contributed by atoms with Crippen molar-refractivity contribution < 1.29 is 45.0 Å². The lowest BCUT2D eigenvalue weighted by atomic mass is 9.83. The summed E-state index contributed by atoms with van der Waals surface area (Å²) in [5.74, 6) is -2.31. The van der Waals surface area contributed by atoms with Gasteiger partial charge in [0.2, 0.25) is 5.91 Å². The van der Waals surface area contributed by atoms with Crippen LogP contribution in [0, 0.1) is 29.5 Å². The number of rotatable bonds is 9. The molecule has 3 saturated carbocycles. The summed E-state index contributed by atoms with van der Waals surface area (Å²) in [6.45, 7) is 0.338. The highest BCUT2D eigenvalue weighted by molar-refractivity contribution is 7.92. The van der Waals surface area contributed by atoms with Gasteiger partial charge in [0.15, 0.2) is 11.6 Å². The number of carbonyl (C=O) groups is 2. The van der Waals surface area contributed by atoms with Crippen LogP contribution in [-0.4, -0.2) is 45.5 Å². The zero-order valence-electron chi connectivity index (χ0n) is 22.2. The molecule has 2 amide bonds. The molecule has 3 aliphatic carbocycles. The van der Waals surface area contributed by atoms with Crippen molar-refractivity contribution in [3.63, 3.8) is 0 Å². The minimum absolute atomic E-state index is 0.00263. The summed E-state index contributed by atoms with van der Waals surface area (Å²) in [7, 11) is -4.29. The number of amides is 2. The fourth-order valence-corrected chi connectivity index (χ4v) is 6.87. The molecule has 2 bridgehead atoms. The van der Waals surface area contributed by atoms with Crippen LogP contribution < -0.4 is 20.1 Å². The predicted octanol–water partition coefficient (Wildman–Crippen LogP) is 5.09. The van der Waals surface area contributed by atoms with Gasteiger partial charge in [-0.05, 0) is 74.1 Å². The maximum atomic E-state index is 14.6. The zero-order valence-corrected chi connectivity index (χ0v) is 23.0. The second-order valence-electron chi connectivity index (χ2n) is 10.9. The topological polar surface area (TPSA) is 111 Å². The molecule has 2 N–H and O–H groups in total. The van der Waals surface area contributed by atoms with Crippen LogP contribution in [-0.2, 0) is 14.6 Å². The fraction of sp³-hybridized carbons (Fsp3) is 0.500. The van der Waals surface area contributed by atoms with Crippen LogP contribution >= 0.6 is 0 Å². The number of halogens is 4. The number of alkyl halides is 3. The molecule has 0 heterocycles. The normalized spacial score (nSPS) is 24.0. The van der Waals surface area contributed by atoms with Crippen molar-refractivity contribution in [1.29, 1.82) is 0 Å². The quantitative estimate of drug-likeness (QED) is 0.389. The van der Waals surface area contributed by atoms with E-state index in [0.29, 0.717) is 18.9 Å². The number of benzene rings is 2. The van der Waals surface area contributed by atoms with Crippen LogP contribution in [0.1, 0.15) is 48.9 Å². The smallest absolute Gasteiger partial charge is 0.496 e. The van der Waals surface area contributed by atoms with Gasteiger partial charge < -0.3 is 20.1 Å². The summed E-state index contributed by atoms with van der Waals surface area (Å²) >= 11 is 0. The molecule has 2 aromatic carbocycles. The summed E-state index contributed by atoms with van der Waals surface area (Å²) in [5, 5.41) is 5.44. The molecule has 0 unspecified atom stereocenters. The number of nitrogens with one attached hydrogen (secondary N) is 2. The van der Waals surface area contributed by atoms with E-state index in [1.165, 1.54) is 19.2 Å². The molecular formula is C28H30F4N2O6S. The van der Waals surface area contributed by atoms with Gasteiger partial charge in [-0.25, -0.2) is 12.8 Å². The van der Waals surface area contributed by atoms with Gasteiger partial charge in [0.1, 0.15) is 5.75 Å². The Bertz CT molecular complexity index is 1440. The van der Waals surface area contributed by atoms with Crippen LogP contribution in [0.4, 0.5) is 23.2 Å². The number of hydrogen-bond donors (Lipinski definition) is 2. The first kappa shape index (κ1) is 29.2. The molecule has 0 radical (unpaired) electrons. The third kappa shape index (κ3) is 5.73. The van der Waals surface area contributed by atoms with Gasteiger partial charge in [-0.15, -0.1) is 0 Å². The minimum atomic E-state index is -5.60. The highest BCUT2D eigenvalue weighted by Crippen LogP contribution is 2.49. The van der Waals surface area contributed by atoms with Crippen LogP contribution in [0.5, 0.6) is 11.5 Å². The van der Waals surface area contributed by atoms with Gasteiger partial charge >= 0.3 is 5.51 Å². The number of carbonyl (C=O) groups excluding carboxylic acids is 2. The summed E-state index contributed by atoms with van der Waals surface area (Å²) < 4.78 is 88.2. The number of fused-ring (bicyclic) bond motifs is 2. The number of ether oxygens (including phenoxy) is 2. The molecule has 13 heteroatoms. The van der Waals surface area contributed by atoms with Gasteiger partial charge in [-0.1, -0.05) is 12.5 Å². The Kier molecular flexibility index (Phi) is 7.92. The van der Waals surface area contributed by atoms with Crippen molar-refractivity contribution >= 4 is 27.3 Å². The number of hydrogen-bond acceptors (Lipinski definition) is 6. The summed E-state index contributed by atoms with van der Waals surface area (Å²) in [6.07, 6.45) is 5.28. The lowest BCUT2D eigenvalue weighted by molar-refractivity contribution is -0.122. The fourth-order valence-electron chi connectivity index (χ4n) is 6.06. The first-order valence-electron chi connectivity index (χ1n) is 13.4. The SMILES string of the molecule is COc1cc(F)c(OCC2CCC2)cc1C(=O)N[C@@H]1[C@@H]2CC[C@@H](C2)[C@@H]1C(=O)Nc1cccc(S(=O)(=O)C(F)(F)F)c1. The molecule has 2 aromatic rings. The van der Waals surface area contributed by atoms with Crippen LogP contribution in [0.3, 0.4) is 0 Å². The molecule has 0 spiro atoms. The van der Waals surface area contributed by atoms with E-state index >= 15 is 0 Å². The van der Waals surface area contributed by atoms with Crippen LogP contribution in [0.2, 0.25) is 0 Å². The van der Waals surface area contributed by atoms with E-state index in [1.807, 2.05) is 0 Å². The highest BCUT2D eigenvalue weighted by Gasteiger charge is 2.52. The Morgan fingerprint density at radius 1 is 1.02 bits per heavy atom. The second-order valence-corrected chi connectivity index (χ2v) is 12.9. The summed E-state index contributed by atoms with van der Waals surface area (Å²) in [5.41, 5.74) is -5.55. The molecule has 41 heavy (non-hydrogen) atoms.